The maximum absolute atomic E-state index is 13.2. The third kappa shape index (κ3) is 3.17. The molecule has 0 aliphatic rings. The minimum atomic E-state index is -0.959. The number of nitrogens with zero attached hydrogens (tertiary/aromatic N) is 1. The molecule has 2 rings (SSSR count). The molecule has 0 saturated carbocycles. The summed E-state index contributed by atoms with van der Waals surface area (Å²) >= 11 is 0. The number of nitro benzene ring substituents is 1. The van der Waals surface area contributed by atoms with Crippen LogP contribution in [0.25, 0.3) is 0 Å². The molecule has 5 nitrogen and oxygen atoms in total. The molecule has 110 valence electrons. The van der Waals surface area contributed by atoms with Crippen LogP contribution in [0.5, 0.6) is 11.5 Å². The van der Waals surface area contributed by atoms with Crippen molar-refractivity contribution < 1.29 is 19.2 Å². The van der Waals surface area contributed by atoms with Gasteiger partial charge in [0.05, 0.1) is 11.0 Å². The van der Waals surface area contributed by atoms with E-state index in [1.165, 1.54) is 25.1 Å². The zero-order chi connectivity index (χ0) is 15.6. The van der Waals surface area contributed by atoms with Gasteiger partial charge in [-0.3, -0.25) is 10.1 Å². The number of aliphatic hydroxyl groups is 1. The molecule has 1 N–H and O–H groups in total. The van der Waals surface area contributed by atoms with Gasteiger partial charge >= 0.3 is 5.69 Å². The molecule has 0 aromatic heterocycles. The first-order chi connectivity index (χ1) is 9.90. The molecule has 0 heterocycles. The molecule has 0 unspecified atom stereocenters. The summed E-state index contributed by atoms with van der Waals surface area (Å²) in [5, 5.41) is 20.8. The van der Waals surface area contributed by atoms with Gasteiger partial charge in [0.2, 0.25) is 5.75 Å². The SMILES string of the molecule is Cc1cccc(Oc2ccc(F)cc2[C@@H](C)O)c1[N+](=O)[O-]. The molecule has 2 aromatic rings. The van der Waals surface area contributed by atoms with Crippen molar-refractivity contribution in [2.24, 2.45) is 0 Å². The van der Waals surface area contributed by atoms with Gasteiger partial charge in [-0.15, -0.1) is 0 Å². The Bertz CT molecular complexity index is 685. The average molecular weight is 291 g/mol. The van der Waals surface area contributed by atoms with Crippen LogP contribution in [0, 0.1) is 22.9 Å². The van der Waals surface area contributed by atoms with Gasteiger partial charge in [-0.05, 0) is 38.1 Å². The highest BCUT2D eigenvalue weighted by atomic mass is 19.1. The monoisotopic (exact) mass is 291 g/mol. The van der Waals surface area contributed by atoms with Gasteiger partial charge in [-0.25, -0.2) is 4.39 Å². The van der Waals surface area contributed by atoms with Gasteiger partial charge in [-0.1, -0.05) is 12.1 Å². The Hall–Kier alpha value is -2.47. The number of rotatable bonds is 4. The van der Waals surface area contributed by atoms with Crippen molar-refractivity contribution in [2.45, 2.75) is 20.0 Å². The van der Waals surface area contributed by atoms with Crippen LogP contribution in [0.15, 0.2) is 36.4 Å². The second-order valence-corrected chi connectivity index (χ2v) is 4.64. The van der Waals surface area contributed by atoms with E-state index >= 15 is 0 Å². The molecule has 0 saturated heterocycles. The summed E-state index contributed by atoms with van der Waals surface area (Å²) in [5.74, 6) is -0.286. The molecule has 2 aromatic carbocycles. The lowest BCUT2D eigenvalue weighted by Gasteiger charge is -2.13. The smallest absolute Gasteiger partial charge is 0.314 e. The molecular weight excluding hydrogens is 277 g/mol. The van der Waals surface area contributed by atoms with Gasteiger partial charge in [0.15, 0.2) is 0 Å². The van der Waals surface area contributed by atoms with Crippen LogP contribution < -0.4 is 4.74 Å². The third-order valence-electron chi connectivity index (χ3n) is 3.03. The first-order valence-corrected chi connectivity index (χ1v) is 6.29. The number of nitro groups is 1. The van der Waals surface area contributed by atoms with Crippen molar-refractivity contribution in [2.75, 3.05) is 0 Å². The fraction of sp³-hybridized carbons (Fsp3) is 0.200. The molecule has 0 radical (unpaired) electrons. The second-order valence-electron chi connectivity index (χ2n) is 4.64. The number of aryl methyl sites for hydroxylation is 1. The van der Waals surface area contributed by atoms with Crippen molar-refractivity contribution >= 4 is 5.69 Å². The molecule has 6 heteroatoms. The maximum Gasteiger partial charge on any atom is 0.314 e. The second kappa shape index (κ2) is 5.88. The number of ether oxygens (including phenoxy) is 1. The number of hydrogen-bond acceptors (Lipinski definition) is 4. The number of para-hydroxylation sites is 1. The van der Waals surface area contributed by atoms with E-state index in [4.69, 9.17) is 4.74 Å². The lowest BCUT2D eigenvalue weighted by atomic mass is 10.1. The minimum absolute atomic E-state index is 0.0495. The maximum atomic E-state index is 13.2. The normalized spacial score (nSPS) is 12.0. The summed E-state index contributed by atoms with van der Waals surface area (Å²) in [7, 11) is 0. The van der Waals surface area contributed by atoms with Crippen molar-refractivity contribution in [3.63, 3.8) is 0 Å². The highest BCUT2D eigenvalue weighted by molar-refractivity contribution is 5.54. The first-order valence-electron chi connectivity index (χ1n) is 6.29. The quantitative estimate of drug-likeness (QED) is 0.685. The Morgan fingerprint density at radius 2 is 2.00 bits per heavy atom. The fourth-order valence-corrected chi connectivity index (χ4v) is 2.01. The summed E-state index contributed by atoms with van der Waals surface area (Å²) in [6.45, 7) is 3.07. The van der Waals surface area contributed by atoms with Crippen LogP contribution in [-0.4, -0.2) is 10.0 Å². The van der Waals surface area contributed by atoms with E-state index in [2.05, 4.69) is 0 Å². The Kier molecular flexibility index (Phi) is 4.18. The van der Waals surface area contributed by atoms with Crippen LogP contribution in [0.1, 0.15) is 24.2 Å². The Balaban J connectivity index is 2.49. The summed E-state index contributed by atoms with van der Waals surface area (Å²) in [6.07, 6.45) is -0.959. The summed E-state index contributed by atoms with van der Waals surface area (Å²) in [6, 6.07) is 8.34. The zero-order valence-electron chi connectivity index (χ0n) is 11.5. The van der Waals surface area contributed by atoms with Crippen LogP contribution in [0.2, 0.25) is 0 Å². The predicted octanol–water partition coefficient (Wildman–Crippen LogP) is 3.89. The molecule has 0 bridgehead atoms. The number of benzene rings is 2. The first kappa shape index (κ1) is 14.9. The Morgan fingerprint density at radius 3 is 2.62 bits per heavy atom. The van der Waals surface area contributed by atoms with Crippen LogP contribution >= 0.6 is 0 Å². The van der Waals surface area contributed by atoms with Crippen LogP contribution in [0.4, 0.5) is 10.1 Å². The molecule has 21 heavy (non-hydrogen) atoms. The van der Waals surface area contributed by atoms with Crippen LogP contribution in [0.3, 0.4) is 0 Å². The largest absolute Gasteiger partial charge is 0.450 e. The molecule has 0 amide bonds. The highest BCUT2D eigenvalue weighted by Gasteiger charge is 2.20. The van der Waals surface area contributed by atoms with E-state index < -0.39 is 16.8 Å². The Labute approximate surface area is 120 Å². The van der Waals surface area contributed by atoms with Gasteiger partial charge in [0, 0.05) is 11.1 Å². The third-order valence-corrected chi connectivity index (χ3v) is 3.03. The van der Waals surface area contributed by atoms with Gasteiger partial charge in [-0.2, -0.15) is 0 Å². The van der Waals surface area contributed by atoms with E-state index in [1.54, 1.807) is 19.1 Å². The summed E-state index contributed by atoms with van der Waals surface area (Å²) < 4.78 is 18.8. The van der Waals surface area contributed by atoms with Gasteiger partial charge in [0.1, 0.15) is 11.6 Å². The van der Waals surface area contributed by atoms with E-state index in [0.29, 0.717) is 5.56 Å². The van der Waals surface area contributed by atoms with E-state index in [9.17, 15) is 19.6 Å². The van der Waals surface area contributed by atoms with E-state index in [1.807, 2.05) is 0 Å². The van der Waals surface area contributed by atoms with Crippen molar-refractivity contribution in [1.29, 1.82) is 0 Å². The Morgan fingerprint density at radius 1 is 1.29 bits per heavy atom. The standard InChI is InChI=1S/C15H14FNO4/c1-9-4-3-5-14(15(9)17(19)20)21-13-7-6-11(16)8-12(13)10(2)18/h3-8,10,18H,1-2H3/t10-/m1/s1. The van der Waals surface area contributed by atoms with Crippen molar-refractivity contribution in [3.8, 4) is 11.5 Å². The lowest BCUT2D eigenvalue weighted by Crippen LogP contribution is -2.00. The summed E-state index contributed by atoms with van der Waals surface area (Å²) in [4.78, 5) is 10.6. The lowest BCUT2D eigenvalue weighted by molar-refractivity contribution is -0.386. The number of aliphatic hydroxyl groups excluding tert-OH is 1. The minimum Gasteiger partial charge on any atom is -0.450 e. The van der Waals surface area contributed by atoms with E-state index in [0.717, 1.165) is 6.07 Å². The van der Waals surface area contributed by atoms with Crippen LogP contribution in [-0.2, 0) is 0 Å². The average Bonchev–Trinajstić information content (AvgIpc) is 2.40. The molecule has 1 atom stereocenters. The molecule has 0 aliphatic carbocycles. The fourth-order valence-electron chi connectivity index (χ4n) is 2.01. The molecule has 0 fully saturated rings. The van der Waals surface area contributed by atoms with Crippen molar-refractivity contribution in [3.05, 3.63) is 63.5 Å². The molecular formula is C15H14FNO4. The molecule has 0 spiro atoms. The van der Waals surface area contributed by atoms with Gasteiger partial charge < -0.3 is 9.84 Å². The topological polar surface area (TPSA) is 72.6 Å². The van der Waals surface area contributed by atoms with Crippen molar-refractivity contribution in [1.82, 2.24) is 0 Å². The van der Waals surface area contributed by atoms with E-state index in [-0.39, 0.29) is 22.7 Å². The molecule has 0 aliphatic heterocycles. The zero-order valence-corrected chi connectivity index (χ0v) is 11.5. The number of hydrogen-bond donors (Lipinski definition) is 1. The predicted molar refractivity (Wildman–Crippen MR) is 74.9 cm³/mol. The van der Waals surface area contributed by atoms with Gasteiger partial charge in [0.25, 0.3) is 0 Å². The number of halogens is 1. The highest BCUT2D eigenvalue weighted by Crippen LogP contribution is 2.36. The summed E-state index contributed by atoms with van der Waals surface area (Å²) in [5.41, 5.74) is 0.530.